The average molecular weight is 194 g/mol. The van der Waals surface area contributed by atoms with Crippen molar-refractivity contribution in [2.75, 3.05) is 12.5 Å². The normalized spacial score (nSPS) is 26.9. The molecule has 1 aromatic heterocycles. The molecule has 2 atom stereocenters. The van der Waals surface area contributed by atoms with Crippen molar-refractivity contribution in [2.45, 2.75) is 12.2 Å². The first-order chi connectivity index (χ1) is 6.74. The first-order valence-electron chi connectivity index (χ1n) is 4.42. The van der Waals surface area contributed by atoms with Gasteiger partial charge in [-0.15, -0.1) is 0 Å². The zero-order valence-corrected chi connectivity index (χ0v) is 7.56. The molecule has 5 heteroatoms. The molecule has 74 valence electrons. The number of hydrogen-bond acceptors (Lipinski definition) is 4. The van der Waals surface area contributed by atoms with E-state index in [0.29, 0.717) is 11.1 Å². The van der Waals surface area contributed by atoms with Crippen molar-refractivity contribution in [3.8, 4) is 11.8 Å². The van der Waals surface area contributed by atoms with Gasteiger partial charge in [0.15, 0.2) is 0 Å². The van der Waals surface area contributed by atoms with E-state index in [-0.39, 0.29) is 24.0 Å². The number of hydrogen-bond donors (Lipinski definition) is 3. The molecule has 0 radical (unpaired) electrons. The van der Waals surface area contributed by atoms with Crippen LogP contribution in [0.4, 0.5) is 0 Å². The summed E-state index contributed by atoms with van der Waals surface area (Å²) < 4.78 is 6.72. The van der Waals surface area contributed by atoms with Crippen molar-refractivity contribution in [1.29, 1.82) is 0 Å². The van der Waals surface area contributed by atoms with Gasteiger partial charge in [-0.3, -0.25) is 0 Å². The predicted octanol–water partition coefficient (Wildman–Crippen LogP) is 0.755. The fourth-order valence-electron chi connectivity index (χ4n) is 2.13. The Morgan fingerprint density at radius 2 is 1.71 bits per heavy atom. The van der Waals surface area contributed by atoms with Gasteiger partial charge >= 0.3 is 0 Å². The summed E-state index contributed by atoms with van der Waals surface area (Å²) in [6.45, 7) is 0. The minimum atomic E-state index is -0.213. The first kappa shape index (κ1) is 7.75. The van der Waals surface area contributed by atoms with Gasteiger partial charge in [0, 0.05) is 7.05 Å². The second kappa shape index (κ2) is 2.24. The highest BCUT2D eigenvalue weighted by molar-refractivity contribution is 5.55. The molecule has 14 heavy (non-hydrogen) atoms. The van der Waals surface area contributed by atoms with Crippen LogP contribution in [0.25, 0.3) is 0 Å². The molecule has 2 aliphatic heterocycles. The molecule has 0 fully saturated rings. The molecule has 0 aliphatic carbocycles. The molecule has 2 bridgehead atoms. The number of aromatic hydroxyl groups is 2. The van der Waals surface area contributed by atoms with E-state index in [9.17, 15) is 10.2 Å². The summed E-state index contributed by atoms with van der Waals surface area (Å²) in [6, 6.07) is 0. The number of nitrogens with one attached hydrogen (secondary N) is 1. The van der Waals surface area contributed by atoms with Crippen LogP contribution < -0.4 is 5.43 Å². The molecule has 3 heterocycles. The Kier molecular flexibility index (Phi) is 1.24. The van der Waals surface area contributed by atoms with Crippen molar-refractivity contribution in [2.24, 2.45) is 0 Å². The number of nitrogens with zero attached hydrogens (tertiary/aromatic N) is 1. The summed E-state index contributed by atoms with van der Waals surface area (Å²) in [4.78, 5) is 0. The Bertz CT molecular complexity index is 400. The maximum atomic E-state index is 9.78. The molecule has 0 saturated carbocycles. The first-order valence-corrected chi connectivity index (χ1v) is 4.42. The summed E-state index contributed by atoms with van der Waals surface area (Å²) in [5, 5.41) is 19.6. The van der Waals surface area contributed by atoms with Gasteiger partial charge in [0.2, 0.25) is 11.8 Å². The standard InChI is InChI=1S/C9H10N2O3/c1-10-11-8(12)6-4-2-3-5(14-4)7(6)9(11)13/h2-5,10,12-13H,1H3. The molecule has 1 aromatic rings. The minimum absolute atomic E-state index is 0.0249. The maximum Gasteiger partial charge on any atom is 0.219 e. The quantitative estimate of drug-likeness (QED) is 0.577. The highest BCUT2D eigenvalue weighted by Gasteiger charge is 2.42. The van der Waals surface area contributed by atoms with E-state index >= 15 is 0 Å². The van der Waals surface area contributed by atoms with Gasteiger partial charge < -0.3 is 20.4 Å². The topological polar surface area (TPSA) is 66.7 Å². The lowest BCUT2D eigenvalue weighted by atomic mass is 10.0. The predicted molar refractivity (Wildman–Crippen MR) is 48.8 cm³/mol. The largest absolute Gasteiger partial charge is 0.493 e. The molecule has 3 N–H and O–H groups in total. The van der Waals surface area contributed by atoms with Crippen molar-refractivity contribution < 1.29 is 14.9 Å². The van der Waals surface area contributed by atoms with E-state index in [1.165, 1.54) is 4.68 Å². The van der Waals surface area contributed by atoms with E-state index in [1.54, 1.807) is 7.05 Å². The summed E-state index contributed by atoms with van der Waals surface area (Å²) in [6.07, 6.45) is 3.34. The van der Waals surface area contributed by atoms with E-state index in [4.69, 9.17) is 4.74 Å². The number of aromatic nitrogens is 1. The third-order valence-corrected chi connectivity index (χ3v) is 2.74. The number of ether oxygens (including phenoxy) is 1. The highest BCUT2D eigenvalue weighted by Crippen LogP contribution is 2.54. The van der Waals surface area contributed by atoms with Gasteiger partial charge in [-0.2, -0.15) is 4.68 Å². The summed E-state index contributed by atoms with van der Waals surface area (Å²) in [7, 11) is 1.63. The van der Waals surface area contributed by atoms with E-state index in [2.05, 4.69) is 5.43 Å². The Morgan fingerprint density at radius 3 is 2.14 bits per heavy atom. The van der Waals surface area contributed by atoms with Gasteiger partial charge in [-0.05, 0) is 0 Å². The van der Waals surface area contributed by atoms with Crippen molar-refractivity contribution >= 4 is 0 Å². The van der Waals surface area contributed by atoms with Crippen LogP contribution in [0.2, 0.25) is 0 Å². The molecule has 0 spiro atoms. The average Bonchev–Trinajstić information content (AvgIpc) is 2.80. The molecular formula is C9H10N2O3. The molecule has 5 nitrogen and oxygen atoms in total. The zero-order valence-electron chi connectivity index (χ0n) is 7.56. The molecule has 2 unspecified atom stereocenters. The van der Waals surface area contributed by atoms with Crippen LogP contribution in [-0.4, -0.2) is 21.9 Å². The van der Waals surface area contributed by atoms with Gasteiger partial charge in [0.05, 0.1) is 11.1 Å². The third-order valence-electron chi connectivity index (χ3n) is 2.74. The van der Waals surface area contributed by atoms with Gasteiger partial charge in [0.25, 0.3) is 0 Å². The zero-order chi connectivity index (χ0) is 9.87. The monoisotopic (exact) mass is 194 g/mol. The molecule has 3 rings (SSSR count). The Morgan fingerprint density at radius 1 is 1.21 bits per heavy atom. The number of fused-ring (bicyclic) bond motifs is 5. The summed E-state index contributed by atoms with van der Waals surface area (Å²) >= 11 is 0. The Labute approximate surface area is 80.2 Å². The molecule has 2 aliphatic rings. The second-order valence-electron chi connectivity index (χ2n) is 3.40. The van der Waals surface area contributed by atoms with Crippen LogP contribution in [0.3, 0.4) is 0 Å². The fraction of sp³-hybridized carbons (Fsp3) is 0.333. The van der Waals surface area contributed by atoms with E-state index in [0.717, 1.165) is 0 Å². The summed E-state index contributed by atoms with van der Waals surface area (Å²) in [5.41, 5.74) is 4.04. The van der Waals surface area contributed by atoms with Crippen LogP contribution in [-0.2, 0) is 4.74 Å². The maximum absolute atomic E-state index is 9.78. The van der Waals surface area contributed by atoms with Crippen molar-refractivity contribution in [1.82, 2.24) is 4.68 Å². The van der Waals surface area contributed by atoms with Crippen LogP contribution in [0.15, 0.2) is 12.2 Å². The van der Waals surface area contributed by atoms with Gasteiger partial charge in [-0.1, -0.05) is 12.2 Å². The molecule has 0 saturated heterocycles. The molecule has 0 aromatic carbocycles. The Balaban J connectivity index is 2.27. The number of rotatable bonds is 1. The van der Waals surface area contributed by atoms with Crippen LogP contribution >= 0.6 is 0 Å². The third kappa shape index (κ3) is 0.654. The lowest BCUT2D eigenvalue weighted by molar-refractivity contribution is 0.0840. The molecule has 0 amide bonds. The lowest BCUT2D eigenvalue weighted by Gasteiger charge is -2.08. The molecular weight excluding hydrogens is 184 g/mol. The van der Waals surface area contributed by atoms with Gasteiger partial charge in [-0.25, -0.2) is 0 Å². The van der Waals surface area contributed by atoms with Crippen LogP contribution in [0, 0.1) is 0 Å². The van der Waals surface area contributed by atoms with Crippen LogP contribution in [0.5, 0.6) is 11.8 Å². The fourth-order valence-corrected chi connectivity index (χ4v) is 2.13. The Hall–Kier alpha value is -1.62. The van der Waals surface area contributed by atoms with E-state index in [1.807, 2.05) is 12.2 Å². The smallest absolute Gasteiger partial charge is 0.219 e. The lowest BCUT2D eigenvalue weighted by Crippen LogP contribution is -2.08. The van der Waals surface area contributed by atoms with E-state index < -0.39 is 0 Å². The van der Waals surface area contributed by atoms with Crippen molar-refractivity contribution in [3.05, 3.63) is 23.3 Å². The van der Waals surface area contributed by atoms with Crippen LogP contribution in [0.1, 0.15) is 23.3 Å². The second-order valence-corrected chi connectivity index (χ2v) is 3.40. The highest BCUT2D eigenvalue weighted by atomic mass is 16.5. The van der Waals surface area contributed by atoms with Gasteiger partial charge in [0.1, 0.15) is 12.2 Å². The minimum Gasteiger partial charge on any atom is -0.493 e. The van der Waals surface area contributed by atoms with Crippen molar-refractivity contribution in [3.63, 3.8) is 0 Å². The SMILES string of the molecule is CNn1c(O)c2c(c1O)C1C=CC2O1. The summed E-state index contributed by atoms with van der Waals surface area (Å²) in [5.74, 6) is 0.0497.